The Labute approximate surface area is 129 Å². The Morgan fingerprint density at radius 2 is 2.10 bits per heavy atom. The number of morpholine rings is 1. The van der Waals surface area contributed by atoms with Crippen LogP contribution in [-0.2, 0) is 14.9 Å². The molecule has 0 saturated carbocycles. The molecule has 1 heterocycles. The Morgan fingerprint density at radius 3 is 2.67 bits per heavy atom. The van der Waals surface area contributed by atoms with Crippen LogP contribution < -0.4 is 15.2 Å². The summed E-state index contributed by atoms with van der Waals surface area (Å²) >= 11 is 4.89. The van der Waals surface area contributed by atoms with Gasteiger partial charge in [0.1, 0.15) is 10.7 Å². The molecule has 0 unspecified atom stereocenters. The van der Waals surface area contributed by atoms with Crippen LogP contribution in [0.1, 0.15) is 5.56 Å². The Balaban J connectivity index is 2.23. The van der Waals surface area contributed by atoms with Crippen molar-refractivity contribution in [2.45, 2.75) is 0 Å². The summed E-state index contributed by atoms with van der Waals surface area (Å²) in [5, 5.41) is 0. The first kappa shape index (κ1) is 16.0. The monoisotopic (exact) mass is 331 g/mol. The van der Waals surface area contributed by atoms with E-state index in [1.807, 2.05) is 0 Å². The SMILES string of the molecule is COc1cc(C(N)=S)ccc1NS(=O)(=O)N1CCOCC1. The minimum absolute atomic E-state index is 0.218. The standard InChI is InChI=1S/C12H17N3O4S2/c1-18-11-8-9(12(13)20)2-3-10(11)14-21(16,17)15-4-6-19-7-5-15/h2-3,8,14H,4-7H2,1H3,(H2,13,20). The molecule has 0 radical (unpaired) electrons. The Kier molecular flexibility index (Phi) is 4.99. The minimum Gasteiger partial charge on any atom is -0.495 e. The molecule has 0 atom stereocenters. The van der Waals surface area contributed by atoms with Crippen molar-refractivity contribution >= 4 is 33.1 Å². The zero-order valence-electron chi connectivity index (χ0n) is 11.5. The van der Waals surface area contributed by atoms with Gasteiger partial charge < -0.3 is 15.2 Å². The molecule has 0 spiro atoms. The van der Waals surface area contributed by atoms with Gasteiger partial charge in [-0.25, -0.2) is 0 Å². The molecule has 1 saturated heterocycles. The van der Waals surface area contributed by atoms with E-state index in [-0.39, 0.29) is 4.99 Å². The van der Waals surface area contributed by atoms with Gasteiger partial charge >= 0.3 is 10.2 Å². The zero-order valence-corrected chi connectivity index (χ0v) is 13.2. The number of benzene rings is 1. The highest BCUT2D eigenvalue weighted by Crippen LogP contribution is 2.27. The zero-order chi connectivity index (χ0) is 15.5. The molecule has 0 aromatic heterocycles. The quantitative estimate of drug-likeness (QED) is 0.755. The van der Waals surface area contributed by atoms with Gasteiger partial charge in [0.15, 0.2) is 0 Å². The molecule has 21 heavy (non-hydrogen) atoms. The summed E-state index contributed by atoms with van der Waals surface area (Å²) in [6, 6.07) is 4.81. The Bertz CT molecular complexity index is 627. The third-order valence-corrected chi connectivity index (χ3v) is 4.79. The van der Waals surface area contributed by atoms with Crippen molar-refractivity contribution < 1.29 is 17.9 Å². The summed E-state index contributed by atoms with van der Waals surface area (Å²) in [5.74, 6) is 0.358. The summed E-state index contributed by atoms with van der Waals surface area (Å²) in [5.41, 5.74) is 6.49. The molecule has 7 nitrogen and oxygen atoms in total. The van der Waals surface area contributed by atoms with Crippen LogP contribution >= 0.6 is 12.2 Å². The predicted molar refractivity (Wildman–Crippen MR) is 83.8 cm³/mol. The maximum absolute atomic E-state index is 12.3. The number of rotatable bonds is 5. The fourth-order valence-electron chi connectivity index (χ4n) is 1.92. The number of hydrogen-bond acceptors (Lipinski definition) is 5. The van der Waals surface area contributed by atoms with E-state index in [1.54, 1.807) is 18.2 Å². The number of nitrogens with one attached hydrogen (secondary N) is 1. The number of nitrogens with zero attached hydrogens (tertiary/aromatic N) is 1. The van der Waals surface area contributed by atoms with Crippen molar-refractivity contribution in [3.63, 3.8) is 0 Å². The van der Waals surface area contributed by atoms with Crippen molar-refractivity contribution in [3.8, 4) is 5.75 Å². The van der Waals surface area contributed by atoms with Crippen LogP contribution in [0.15, 0.2) is 18.2 Å². The fourth-order valence-corrected chi connectivity index (χ4v) is 3.25. The molecule has 1 aliphatic rings. The number of nitrogens with two attached hydrogens (primary N) is 1. The normalized spacial score (nSPS) is 16.4. The Morgan fingerprint density at radius 1 is 1.43 bits per heavy atom. The average molecular weight is 331 g/mol. The lowest BCUT2D eigenvalue weighted by atomic mass is 10.2. The molecule has 0 aliphatic carbocycles. The molecule has 1 aromatic rings. The predicted octanol–water partition coefficient (Wildman–Crippen LogP) is 0.318. The molecule has 116 valence electrons. The summed E-state index contributed by atoms with van der Waals surface area (Å²) in [6.07, 6.45) is 0. The first-order valence-electron chi connectivity index (χ1n) is 6.27. The lowest BCUT2D eigenvalue weighted by Gasteiger charge is -2.26. The number of methoxy groups -OCH3 is 1. The van der Waals surface area contributed by atoms with Gasteiger partial charge in [-0.05, 0) is 18.2 Å². The largest absolute Gasteiger partial charge is 0.495 e. The summed E-state index contributed by atoms with van der Waals surface area (Å²) in [4.78, 5) is 0.218. The molecule has 1 aliphatic heterocycles. The van der Waals surface area contributed by atoms with E-state index in [9.17, 15) is 8.42 Å². The second-order valence-corrected chi connectivity index (χ2v) is 6.51. The van der Waals surface area contributed by atoms with E-state index in [1.165, 1.54) is 11.4 Å². The van der Waals surface area contributed by atoms with Gasteiger partial charge in [-0.2, -0.15) is 12.7 Å². The first-order valence-corrected chi connectivity index (χ1v) is 8.12. The van der Waals surface area contributed by atoms with Crippen LogP contribution in [0.4, 0.5) is 5.69 Å². The van der Waals surface area contributed by atoms with Gasteiger partial charge in [0.05, 0.1) is 26.0 Å². The molecule has 0 bridgehead atoms. The van der Waals surface area contributed by atoms with Gasteiger partial charge in [0.25, 0.3) is 0 Å². The highest BCUT2D eigenvalue weighted by atomic mass is 32.2. The Hall–Kier alpha value is -1.42. The van der Waals surface area contributed by atoms with E-state index >= 15 is 0 Å². The van der Waals surface area contributed by atoms with E-state index in [0.717, 1.165) is 0 Å². The number of thiocarbonyl (C=S) groups is 1. The molecule has 1 fully saturated rings. The lowest BCUT2D eigenvalue weighted by molar-refractivity contribution is 0.0733. The van der Waals surface area contributed by atoms with E-state index < -0.39 is 10.2 Å². The summed E-state index contributed by atoms with van der Waals surface area (Å²) in [7, 11) is -2.19. The van der Waals surface area contributed by atoms with Crippen LogP contribution in [0.5, 0.6) is 5.75 Å². The third kappa shape index (κ3) is 3.82. The molecular formula is C12H17N3O4S2. The van der Waals surface area contributed by atoms with Crippen molar-refractivity contribution in [1.82, 2.24) is 4.31 Å². The van der Waals surface area contributed by atoms with Crippen LogP contribution in [0.3, 0.4) is 0 Å². The number of hydrogen-bond donors (Lipinski definition) is 2. The van der Waals surface area contributed by atoms with Gasteiger partial charge in [-0.3, -0.25) is 4.72 Å². The van der Waals surface area contributed by atoms with Crippen molar-refractivity contribution in [1.29, 1.82) is 0 Å². The third-order valence-electron chi connectivity index (χ3n) is 3.03. The molecule has 2 rings (SSSR count). The van der Waals surface area contributed by atoms with Crippen molar-refractivity contribution in [3.05, 3.63) is 23.8 Å². The average Bonchev–Trinajstić information content (AvgIpc) is 2.48. The number of ether oxygens (including phenoxy) is 2. The summed E-state index contributed by atoms with van der Waals surface area (Å²) < 4.78 is 38.8. The maximum Gasteiger partial charge on any atom is 0.301 e. The number of anilines is 1. The molecule has 1 aromatic carbocycles. The molecule has 9 heteroatoms. The van der Waals surface area contributed by atoms with Crippen molar-refractivity contribution in [2.75, 3.05) is 38.1 Å². The smallest absolute Gasteiger partial charge is 0.301 e. The van der Waals surface area contributed by atoms with E-state index in [2.05, 4.69) is 4.72 Å². The van der Waals surface area contributed by atoms with E-state index in [0.29, 0.717) is 43.3 Å². The second-order valence-electron chi connectivity index (χ2n) is 4.40. The maximum atomic E-state index is 12.3. The molecule has 3 N–H and O–H groups in total. The van der Waals surface area contributed by atoms with Crippen LogP contribution in [-0.4, -0.2) is 51.1 Å². The highest BCUT2D eigenvalue weighted by molar-refractivity contribution is 7.90. The molecule has 0 amide bonds. The van der Waals surface area contributed by atoms with Gasteiger partial charge in [0, 0.05) is 18.7 Å². The van der Waals surface area contributed by atoms with Gasteiger partial charge in [-0.15, -0.1) is 0 Å². The van der Waals surface area contributed by atoms with Crippen LogP contribution in [0, 0.1) is 0 Å². The van der Waals surface area contributed by atoms with Crippen LogP contribution in [0.25, 0.3) is 0 Å². The van der Waals surface area contributed by atoms with Crippen molar-refractivity contribution in [2.24, 2.45) is 5.73 Å². The highest BCUT2D eigenvalue weighted by Gasteiger charge is 2.25. The van der Waals surface area contributed by atoms with Crippen LogP contribution in [0.2, 0.25) is 0 Å². The topological polar surface area (TPSA) is 93.9 Å². The fraction of sp³-hybridized carbons (Fsp3) is 0.417. The first-order chi connectivity index (χ1) is 9.94. The van der Waals surface area contributed by atoms with Gasteiger partial charge in [-0.1, -0.05) is 12.2 Å². The lowest BCUT2D eigenvalue weighted by Crippen LogP contribution is -2.43. The molecular weight excluding hydrogens is 314 g/mol. The summed E-state index contributed by atoms with van der Waals surface area (Å²) in [6.45, 7) is 1.42. The second kappa shape index (κ2) is 6.56. The van der Waals surface area contributed by atoms with E-state index in [4.69, 9.17) is 27.4 Å². The van der Waals surface area contributed by atoms with Gasteiger partial charge in [0.2, 0.25) is 0 Å². The minimum atomic E-state index is -3.64.